The van der Waals surface area contributed by atoms with Gasteiger partial charge in [0.2, 0.25) is 0 Å². The van der Waals surface area contributed by atoms with Gasteiger partial charge in [-0.2, -0.15) is 0 Å². The van der Waals surface area contributed by atoms with Crippen LogP contribution in [0.3, 0.4) is 0 Å². The zero-order chi connectivity index (χ0) is 13.2. The molecule has 0 amide bonds. The fraction of sp³-hybridized carbons (Fsp3) is 0.750. The lowest BCUT2D eigenvalue weighted by Gasteiger charge is -2.31. The van der Waals surface area contributed by atoms with Crippen LogP contribution in [0, 0.1) is 6.92 Å². The molecule has 0 unspecified atom stereocenters. The summed E-state index contributed by atoms with van der Waals surface area (Å²) in [4.78, 5) is 4.81. The number of thiazole rings is 1. The lowest BCUT2D eigenvalue weighted by molar-refractivity contribution is 0.0257. The molecule has 0 spiro atoms. The number of aryl methyl sites for hydroxylation is 1. The Morgan fingerprint density at radius 3 is 2.61 bits per heavy atom. The van der Waals surface area contributed by atoms with Crippen LogP contribution in [0.4, 0.5) is 0 Å². The number of rotatable bonds is 4. The second kappa shape index (κ2) is 5.27. The molecule has 18 heavy (non-hydrogen) atoms. The maximum atomic E-state index is 12.1. The third-order valence-corrected chi connectivity index (χ3v) is 6.13. The summed E-state index contributed by atoms with van der Waals surface area (Å²) in [6.07, 6.45) is 5.76. The van der Waals surface area contributed by atoms with Gasteiger partial charge in [-0.05, 0) is 19.8 Å². The van der Waals surface area contributed by atoms with Gasteiger partial charge in [0.05, 0.1) is 22.1 Å². The summed E-state index contributed by atoms with van der Waals surface area (Å²) in [5.41, 5.74) is -1.00. The minimum absolute atomic E-state index is 0.000810. The Hall–Kier alpha value is -0.460. The molecular formula is C12H19NO3S2. The fourth-order valence-corrected chi connectivity index (χ4v) is 5.59. The lowest BCUT2D eigenvalue weighted by Crippen LogP contribution is -2.39. The normalized spacial score (nSPS) is 19.9. The Morgan fingerprint density at radius 1 is 1.39 bits per heavy atom. The summed E-state index contributed by atoms with van der Waals surface area (Å²) in [5.74, 6) is -0.113. The average Bonchev–Trinajstić information content (AvgIpc) is 2.62. The lowest BCUT2D eigenvalue weighted by atomic mass is 9.86. The first-order valence-corrected chi connectivity index (χ1v) is 8.87. The predicted octanol–water partition coefficient (Wildman–Crippen LogP) is 2.06. The third-order valence-electron chi connectivity index (χ3n) is 3.30. The maximum Gasteiger partial charge on any atom is 0.158 e. The van der Waals surface area contributed by atoms with E-state index in [1.54, 1.807) is 6.20 Å². The predicted molar refractivity (Wildman–Crippen MR) is 72.4 cm³/mol. The van der Waals surface area contributed by atoms with Crippen molar-refractivity contribution in [3.63, 3.8) is 0 Å². The fourth-order valence-electron chi connectivity index (χ4n) is 2.50. The second-order valence-electron chi connectivity index (χ2n) is 5.16. The van der Waals surface area contributed by atoms with E-state index >= 15 is 0 Å². The van der Waals surface area contributed by atoms with Gasteiger partial charge >= 0.3 is 0 Å². The number of hydrogen-bond acceptors (Lipinski definition) is 5. The van der Waals surface area contributed by atoms with Crippen molar-refractivity contribution in [1.82, 2.24) is 4.98 Å². The van der Waals surface area contributed by atoms with Gasteiger partial charge in [-0.1, -0.05) is 19.3 Å². The SMILES string of the molecule is Cc1ncc(CS(=O)(=O)CC2(O)CCCCC2)s1. The number of hydrogen-bond donors (Lipinski definition) is 1. The van der Waals surface area contributed by atoms with Gasteiger partial charge in [0.25, 0.3) is 0 Å². The van der Waals surface area contributed by atoms with Gasteiger partial charge in [0.15, 0.2) is 9.84 Å². The smallest absolute Gasteiger partial charge is 0.158 e. The van der Waals surface area contributed by atoms with Crippen LogP contribution in [0.1, 0.15) is 42.0 Å². The van der Waals surface area contributed by atoms with Crippen molar-refractivity contribution < 1.29 is 13.5 Å². The van der Waals surface area contributed by atoms with E-state index in [1.165, 1.54) is 11.3 Å². The number of sulfone groups is 1. The molecule has 0 radical (unpaired) electrons. The van der Waals surface area contributed by atoms with Crippen LogP contribution >= 0.6 is 11.3 Å². The molecule has 2 rings (SSSR count). The van der Waals surface area contributed by atoms with Crippen LogP contribution in [-0.4, -0.2) is 29.9 Å². The average molecular weight is 289 g/mol. The Labute approximate surface area is 112 Å². The van der Waals surface area contributed by atoms with E-state index in [-0.39, 0.29) is 11.5 Å². The molecule has 1 aromatic rings. The summed E-state index contributed by atoms with van der Waals surface area (Å²) < 4.78 is 24.2. The highest BCUT2D eigenvalue weighted by molar-refractivity contribution is 7.90. The number of aromatic nitrogens is 1. The molecule has 4 nitrogen and oxygen atoms in total. The van der Waals surface area contributed by atoms with Crippen LogP contribution in [0.2, 0.25) is 0 Å². The van der Waals surface area contributed by atoms with Gasteiger partial charge in [-0.15, -0.1) is 11.3 Å². The van der Waals surface area contributed by atoms with E-state index in [0.717, 1.165) is 29.1 Å². The standard InChI is InChI=1S/C12H19NO3S2/c1-10-13-7-11(17-10)8-18(15,16)9-12(14)5-3-2-4-6-12/h7,14H,2-6,8-9H2,1H3. The van der Waals surface area contributed by atoms with Gasteiger partial charge < -0.3 is 5.11 Å². The van der Waals surface area contributed by atoms with Gasteiger partial charge in [-0.3, -0.25) is 0 Å². The minimum Gasteiger partial charge on any atom is -0.389 e. The summed E-state index contributed by atoms with van der Waals surface area (Å²) in [7, 11) is -3.26. The molecule has 1 saturated carbocycles. The molecule has 1 aliphatic carbocycles. The molecule has 0 saturated heterocycles. The van der Waals surface area contributed by atoms with Gasteiger partial charge in [-0.25, -0.2) is 13.4 Å². The zero-order valence-corrected chi connectivity index (χ0v) is 12.2. The molecule has 0 bridgehead atoms. The topological polar surface area (TPSA) is 67.3 Å². The van der Waals surface area contributed by atoms with E-state index in [9.17, 15) is 13.5 Å². The Kier molecular flexibility index (Phi) is 4.08. The quantitative estimate of drug-likeness (QED) is 0.921. The summed E-state index contributed by atoms with van der Waals surface area (Å²) in [5, 5.41) is 11.2. The highest BCUT2D eigenvalue weighted by Gasteiger charge is 2.34. The van der Waals surface area contributed by atoms with Crippen molar-refractivity contribution in [2.45, 2.75) is 50.4 Å². The zero-order valence-electron chi connectivity index (χ0n) is 10.6. The molecule has 1 fully saturated rings. The highest BCUT2D eigenvalue weighted by Crippen LogP contribution is 2.30. The van der Waals surface area contributed by atoms with E-state index in [4.69, 9.17) is 0 Å². The first-order chi connectivity index (χ1) is 8.39. The van der Waals surface area contributed by atoms with Crippen molar-refractivity contribution in [3.8, 4) is 0 Å². The Bertz CT molecular complexity index is 501. The van der Waals surface area contributed by atoms with Gasteiger partial charge in [0.1, 0.15) is 0 Å². The molecule has 0 aromatic carbocycles. The van der Waals surface area contributed by atoms with Crippen molar-refractivity contribution in [2.24, 2.45) is 0 Å². The molecule has 1 aliphatic rings. The van der Waals surface area contributed by atoms with Crippen LogP contribution in [0.15, 0.2) is 6.20 Å². The molecule has 0 aliphatic heterocycles. The van der Waals surface area contributed by atoms with E-state index in [1.807, 2.05) is 6.92 Å². The molecule has 6 heteroatoms. The summed E-state index contributed by atoms with van der Waals surface area (Å²) in [6.45, 7) is 1.86. The van der Waals surface area contributed by atoms with Crippen molar-refractivity contribution in [3.05, 3.63) is 16.1 Å². The molecule has 0 atom stereocenters. The molecule has 1 heterocycles. The van der Waals surface area contributed by atoms with E-state index in [2.05, 4.69) is 4.98 Å². The Balaban J connectivity index is 2.02. The molecular weight excluding hydrogens is 270 g/mol. The number of aliphatic hydroxyl groups is 1. The largest absolute Gasteiger partial charge is 0.389 e. The van der Waals surface area contributed by atoms with Crippen LogP contribution in [-0.2, 0) is 15.6 Å². The van der Waals surface area contributed by atoms with Gasteiger partial charge in [0, 0.05) is 11.1 Å². The van der Waals surface area contributed by atoms with Crippen molar-refractivity contribution in [2.75, 3.05) is 5.75 Å². The first kappa shape index (κ1) is 14.0. The molecule has 102 valence electrons. The first-order valence-electron chi connectivity index (χ1n) is 6.23. The van der Waals surface area contributed by atoms with Crippen molar-refractivity contribution >= 4 is 21.2 Å². The highest BCUT2D eigenvalue weighted by atomic mass is 32.2. The van der Waals surface area contributed by atoms with Crippen LogP contribution < -0.4 is 0 Å². The molecule has 1 N–H and O–H groups in total. The van der Waals surface area contributed by atoms with Crippen LogP contribution in [0.25, 0.3) is 0 Å². The van der Waals surface area contributed by atoms with E-state index < -0.39 is 15.4 Å². The molecule has 1 aromatic heterocycles. The maximum absolute atomic E-state index is 12.1. The second-order valence-corrected chi connectivity index (χ2v) is 8.55. The van der Waals surface area contributed by atoms with Crippen molar-refractivity contribution in [1.29, 1.82) is 0 Å². The third kappa shape index (κ3) is 3.76. The monoisotopic (exact) mass is 289 g/mol. The van der Waals surface area contributed by atoms with E-state index in [0.29, 0.717) is 12.8 Å². The summed E-state index contributed by atoms with van der Waals surface area (Å²) >= 11 is 1.40. The number of nitrogens with zero attached hydrogens (tertiary/aromatic N) is 1. The minimum atomic E-state index is -3.26. The summed E-state index contributed by atoms with van der Waals surface area (Å²) in [6, 6.07) is 0. The Morgan fingerprint density at radius 2 is 2.06 bits per heavy atom. The van der Waals surface area contributed by atoms with Crippen LogP contribution in [0.5, 0.6) is 0 Å².